The number of anilines is 1. The average molecular weight is 353 g/mol. The molecule has 0 aliphatic carbocycles. The molecule has 0 saturated heterocycles. The summed E-state index contributed by atoms with van der Waals surface area (Å²) < 4.78 is 5.35. The Morgan fingerprint density at radius 2 is 1.92 bits per heavy atom. The number of carbonyl (C=O) groups is 1. The topological polar surface area (TPSA) is 64.1 Å². The molecule has 128 valence electrons. The lowest BCUT2D eigenvalue weighted by Crippen LogP contribution is -2.12. The van der Waals surface area contributed by atoms with E-state index in [4.69, 9.17) is 4.74 Å². The number of aromatic nitrogens is 2. The molecular weight excluding hydrogens is 334 g/mol. The summed E-state index contributed by atoms with van der Waals surface area (Å²) in [5.74, 6) is 0.640. The third kappa shape index (κ3) is 4.03. The van der Waals surface area contributed by atoms with Crippen LogP contribution in [0.5, 0.6) is 5.75 Å². The molecule has 0 aliphatic rings. The Morgan fingerprint density at radius 1 is 1.12 bits per heavy atom. The molecule has 0 spiro atoms. The first-order valence-electron chi connectivity index (χ1n) is 7.89. The molecule has 0 atom stereocenters. The van der Waals surface area contributed by atoms with Crippen LogP contribution in [0.3, 0.4) is 0 Å². The molecule has 2 aromatic carbocycles. The zero-order chi connectivity index (χ0) is 17.8. The van der Waals surface area contributed by atoms with Gasteiger partial charge in [-0.25, -0.2) is 0 Å². The van der Waals surface area contributed by atoms with Crippen molar-refractivity contribution in [1.29, 1.82) is 0 Å². The quantitative estimate of drug-likeness (QED) is 0.753. The first-order chi connectivity index (χ1) is 12.1. The van der Waals surface area contributed by atoms with Crippen molar-refractivity contribution >= 4 is 22.4 Å². The Labute approximate surface area is 150 Å². The maximum atomic E-state index is 12.4. The second kappa shape index (κ2) is 7.44. The SMILES string of the molecule is COc1ccccc1Cc1nnc(NC(=O)c2ccc(C)c(C)c2)s1. The molecule has 0 unspecified atom stereocenters. The van der Waals surface area contributed by atoms with E-state index in [9.17, 15) is 4.79 Å². The lowest BCUT2D eigenvalue weighted by molar-refractivity contribution is 0.102. The Bertz CT molecular complexity index is 905. The Hall–Kier alpha value is -2.73. The van der Waals surface area contributed by atoms with Gasteiger partial charge >= 0.3 is 0 Å². The summed E-state index contributed by atoms with van der Waals surface area (Å²) >= 11 is 1.37. The van der Waals surface area contributed by atoms with Crippen LogP contribution in [0.2, 0.25) is 0 Å². The maximum Gasteiger partial charge on any atom is 0.257 e. The average Bonchev–Trinajstić information content (AvgIpc) is 3.04. The van der Waals surface area contributed by atoms with E-state index in [0.717, 1.165) is 27.4 Å². The number of nitrogens with one attached hydrogen (secondary N) is 1. The summed E-state index contributed by atoms with van der Waals surface area (Å²) in [5.41, 5.74) is 3.89. The van der Waals surface area contributed by atoms with E-state index in [0.29, 0.717) is 17.1 Å². The first-order valence-corrected chi connectivity index (χ1v) is 8.71. The molecule has 1 N–H and O–H groups in total. The number of benzene rings is 2. The fourth-order valence-corrected chi connectivity index (χ4v) is 3.20. The van der Waals surface area contributed by atoms with Crippen molar-refractivity contribution in [1.82, 2.24) is 10.2 Å². The molecule has 1 amide bonds. The van der Waals surface area contributed by atoms with Gasteiger partial charge in [0.05, 0.1) is 7.11 Å². The predicted molar refractivity (Wildman–Crippen MR) is 99.6 cm³/mol. The number of nitrogens with zero attached hydrogens (tertiary/aromatic N) is 2. The number of amides is 1. The number of para-hydroxylation sites is 1. The minimum Gasteiger partial charge on any atom is -0.496 e. The molecular formula is C19H19N3O2S. The van der Waals surface area contributed by atoms with E-state index in [1.807, 2.05) is 56.3 Å². The fraction of sp³-hybridized carbons (Fsp3) is 0.211. The second-order valence-electron chi connectivity index (χ2n) is 5.74. The molecule has 25 heavy (non-hydrogen) atoms. The van der Waals surface area contributed by atoms with Gasteiger partial charge in [-0.05, 0) is 43.2 Å². The smallest absolute Gasteiger partial charge is 0.257 e. The summed E-state index contributed by atoms with van der Waals surface area (Å²) in [6, 6.07) is 13.4. The van der Waals surface area contributed by atoms with Crippen LogP contribution in [-0.2, 0) is 6.42 Å². The molecule has 0 bridgehead atoms. The highest BCUT2D eigenvalue weighted by molar-refractivity contribution is 7.15. The summed E-state index contributed by atoms with van der Waals surface area (Å²) in [6.45, 7) is 4.01. The number of rotatable bonds is 5. The highest BCUT2D eigenvalue weighted by atomic mass is 32.1. The fourth-order valence-electron chi connectivity index (χ4n) is 2.44. The monoisotopic (exact) mass is 353 g/mol. The minimum atomic E-state index is -0.178. The van der Waals surface area contributed by atoms with Crippen molar-refractivity contribution in [3.8, 4) is 5.75 Å². The first kappa shape index (κ1) is 17.1. The van der Waals surface area contributed by atoms with Crippen LogP contribution in [0.1, 0.15) is 32.1 Å². The number of hydrogen-bond acceptors (Lipinski definition) is 5. The molecule has 6 heteroatoms. The van der Waals surface area contributed by atoms with Crippen LogP contribution in [0.15, 0.2) is 42.5 Å². The van der Waals surface area contributed by atoms with Gasteiger partial charge in [0.25, 0.3) is 5.91 Å². The van der Waals surface area contributed by atoms with Crippen LogP contribution in [-0.4, -0.2) is 23.2 Å². The number of hydrogen-bond donors (Lipinski definition) is 1. The van der Waals surface area contributed by atoms with Gasteiger partial charge in [-0.1, -0.05) is 35.6 Å². The molecule has 0 saturated carbocycles. The zero-order valence-corrected chi connectivity index (χ0v) is 15.2. The van der Waals surface area contributed by atoms with Crippen molar-refractivity contribution in [3.63, 3.8) is 0 Å². The molecule has 0 fully saturated rings. The van der Waals surface area contributed by atoms with E-state index in [2.05, 4.69) is 15.5 Å². The number of aryl methyl sites for hydroxylation is 2. The Kier molecular flexibility index (Phi) is 5.09. The highest BCUT2D eigenvalue weighted by Crippen LogP contribution is 2.24. The summed E-state index contributed by atoms with van der Waals surface area (Å²) in [6.07, 6.45) is 0.612. The maximum absolute atomic E-state index is 12.4. The normalized spacial score (nSPS) is 10.5. The molecule has 1 heterocycles. The van der Waals surface area contributed by atoms with E-state index in [1.54, 1.807) is 7.11 Å². The number of ether oxygens (including phenoxy) is 1. The van der Waals surface area contributed by atoms with Gasteiger partial charge in [-0.2, -0.15) is 0 Å². The largest absolute Gasteiger partial charge is 0.496 e. The highest BCUT2D eigenvalue weighted by Gasteiger charge is 2.12. The molecule has 0 radical (unpaired) electrons. The van der Waals surface area contributed by atoms with Gasteiger partial charge in [0.15, 0.2) is 0 Å². The molecule has 1 aromatic heterocycles. The summed E-state index contributed by atoms with van der Waals surface area (Å²) in [7, 11) is 1.65. The van der Waals surface area contributed by atoms with Gasteiger partial charge in [0.2, 0.25) is 5.13 Å². The Balaban J connectivity index is 1.71. The molecule has 3 aromatic rings. The lowest BCUT2D eigenvalue weighted by Gasteiger charge is -2.05. The lowest BCUT2D eigenvalue weighted by atomic mass is 10.1. The number of methoxy groups -OCH3 is 1. The van der Waals surface area contributed by atoms with E-state index < -0.39 is 0 Å². The standard InChI is InChI=1S/C19H19N3O2S/c1-12-8-9-15(10-13(12)2)18(23)20-19-22-21-17(25-19)11-14-6-4-5-7-16(14)24-3/h4-10H,11H2,1-3H3,(H,20,22,23). The Morgan fingerprint density at radius 3 is 2.68 bits per heavy atom. The van der Waals surface area contributed by atoms with Gasteiger partial charge < -0.3 is 4.74 Å². The van der Waals surface area contributed by atoms with Crippen molar-refractivity contribution < 1.29 is 9.53 Å². The van der Waals surface area contributed by atoms with Crippen LogP contribution in [0.4, 0.5) is 5.13 Å². The molecule has 5 nitrogen and oxygen atoms in total. The van der Waals surface area contributed by atoms with Gasteiger partial charge in [-0.15, -0.1) is 10.2 Å². The number of carbonyl (C=O) groups excluding carboxylic acids is 1. The van der Waals surface area contributed by atoms with Gasteiger partial charge in [0.1, 0.15) is 10.8 Å². The summed E-state index contributed by atoms with van der Waals surface area (Å²) in [5, 5.41) is 12.4. The van der Waals surface area contributed by atoms with Crippen molar-refractivity contribution in [2.75, 3.05) is 12.4 Å². The van der Waals surface area contributed by atoms with Gasteiger partial charge in [0, 0.05) is 17.5 Å². The predicted octanol–water partition coefficient (Wildman–Crippen LogP) is 4.01. The minimum absolute atomic E-state index is 0.178. The third-order valence-electron chi connectivity index (χ3n) is 3.99. The summed E-state index contributed by atoms with van der Waals surface area (Å²) in [4.78, 5) is 12.4. The van der Waals surface area contributed by atoms with Crippen LogP contribution in [0, 0.1) is 13.8 Å². The van der Waals surface area contributed by atoms with Crippen LogP contribution < -0.4 is 10.1 Å². The van der Waals surface area contributed by atoms with E-state index in [-0.39, 0.29) is 5.91 Å². The van der Waals surface area contributed by atoms with Crippen LogP contribution in [0.25, 0.3) is 0 Å². The van der Waals surface area contributed by atoms with Crippen molar-refractivity contribution in [3.05, 3.63) is 69.7 Å². The zero-order valence-electron chi connectivity index (χ0n) is 14.4. The van der Waals surface area contributed by atoms with E-state index in [1.165, 1.54) is 11.3 Å². The molecule has 3 rings (SSSR count). The third-order valence-corrected chi connectivity index (χ3v) is 4.83. The van der Waals surface area contributed by atoms with Crippen molar-refractivity contribution in [2.24, 2.45) is 0 Å². The van der Waals surface area contributed by atoms with Crippen LogP contribution >= 0.6 is 11.3 Å². The van der Waals surface area contributed by atoms with E-state index >= 15 is 0 Å². The second-order valence-corrected chi connectivity index (χ2v) is 6.80. The molecule has 0 aliphatic heterocycles. The van der Waals surface area contributed by atoms with Gasteiger partial charge in [-0.3, -0.25) is 10.1 Å². The van der Waals surface area contributed by atoms with Crippen molar-refractivity contribution in [2.45, 2.75) is 20.3 Å².